The Kier molecular flexibility index (Phi) is 23.4. The molecule has 394 valence electrons. The number of aliphatic hydroxyl groups is 3. The second-order valence-corrected chi connectivity index (χ2v) is 19.4. The summed E-state index contributed by atoms with van der Waals surface area (Å²) < 4.78 is 38.9. The highest BCUT2D eigenvalue weighted by atomic mass is 16.8. The van der Waals surface area contributed by atoms with Crippen molar-refractivity contribution in [1.82, 2.24) is 4.90 Å². The minimum Gasteiger partial charge on any atom is -0.459 e. The van der Waals surface area contributed by atoms with Gasteiger partial charge in [0.25, 0.3) is 5.69 Å². The van der Waals surface area contributed by atoms with Crippen LogP contribution in [0.5, 0.6) is 17.2 Å². The second-order valence-electron chi connectivity index (χ2n) is 19.4. The summed E-state index contributed by atoms with van der Waals surface area (Å²) in [5.41, 5.74) is 2.22. The van der Waals surface area contributed by atoms with Crippen molar-refractivity contribution in [2.24, 2.45) is 22.9 Å². The van der Waals surface area contributed by atoms with E-state index < -0.39 is 35.1 Å². The molecule has 2 aliphatic heterocycles. The highest BCUT2D eigenvalue weighted by molar-refractivity contribution is 6.03. The summed E-state index contributed by atoms with van der Waals surface area (Å²) in [4.78, 5) is 34.1. The third-order valence-electron chi connectivity index (χ3n) is 14.4. The lowest BCUT2D eigenvalue weighted by Gasteiger charge is -2.59. The lowest BCUT2D eigenvalue weighted by molar-refractivity contribution is -0.384. The molecule has 0 bridgehead atoms. The van der Waals surface area contributed by atoms with Gasteiger partial charge in [0.2, 0.25) is 12.1 Å². The van der Waals surface area contributed by atoms with Gasteiger partial charge in [-0.2, -0.15) is 0 Å². The molecule has 16 nitrogen and oxygen atoms in total. The molecule has 1 amide bonds. The molecule has 6 rings (SSSR count). The predicted octanol–water partition coefficient (Wildman–Crippen LogP) is 10.9. The number of ether oxygens (including phenoxy) is 6. The number of allylic oxidation sites excluding steroid dienone is 1. The van der Waals surface area contributed by atoms with E-state index in [1.54, 1.807) is 29.2 Å². The van der Waals surface area contributed by atoms with E-state index in [0.717, 1.165) is 75.3 Å². The van der Waals surface area contributed by atoms with Crippen LogP contribution in [-0.2, 0) is 23.8 Å². The number of unbranched alkanes of at least 4 members (excludes halogenated alkanes) is 11. The van der Waals surface area contributed by atoms with Gasteiger partial charge >= 0.3 is 6.09 Å². The molecule has 2 fully saturated rings. The van der Waals surface area contributed by atoms with Crippen LogP contribution < -0.4 is 9.47 Å². The van der Waals surface area contributed by atoms with Gasteiger partial charge in [-0.1, -0.05) is 101 Å². The number of aliphatic hydroxyl groups excluding tert-OH is 3. The first kappa shape index (κ1) is 55.7. The van der Waals surface area contributed by atoms with Crippen molar-refractivity contribution in [1.29, 1.82) is 0 Å². The van der Waals surface area contributed by atoms with Gasteiger partial charge < -0.3 is 48.6 Å². The fraction of sp³-hybridized carbons (Fsp3) is 0.673. The van der Waals surface area contributed by atoms with E-state index in [0.29, 0.717) is 48.8 Å². The lowest BCUT2D eigenvalue weighted by atomic mass is 9.55. The zero-order chi connectivity index (χ0) is 50.3. The number of amides is 1. The van der Waals surface area contributed by atoms with Crippen molar-refractivity contribution < 1.29 is 58.3 Å². The van der Waals surface area contributed by atoms with Crippen LogP contribution in [0, 0.1) is 27.9 Å². The minimum absolute atomic E-state index is 0.0115. The molecule has 3 N–H and O–H groups in total. The quantitative estimate of drug-likeness (QED) is 0.0264. The monoisotopic (exact) mass is 992 g/mol. The largest absolute Gasteiger partial charge is 0.459 e. The SMILES string of the molecule is C=CCOC12Oc3ccc(Oc4cccc([N+](=O)[O-])c4)cc3C3C(CCCCO)C(CCCCO)C=C(C(=NOC4CCCCO4)CC1N(CCOCCO)C(=O)OCCCCCCCCCCCC)C32. The number of rotatable bonds is 33. The third kappa shape index (κ3) is 15.5. The number of benzene rings is 2. The molecule has 71 heavy (non-hydrogen) atoms. The summed E-state index contributed by atoms with van der Waals surface area (Å²) >= 11 is 0. The number of hydrogen-bond acceptors (Lipinski definition) is 14. The Bertz CT molecular complexity index is 2010. The molecule has 1 saturated carbocycles. The zero-order valence-electron chi connectivity index (χ0n) is 42.1. The molecule has 7 unspecified atom stereocenters. The number of nitro benzene ring substituents is 1. The number of non-ortho nitro benzene ring substituents is 1. The molecular weight excluding hydrogens is 911 g/mol. The number of nitrogens with zero attached hydrogens (tertiary/aromatic N) is 3. The van der Waals surface area contributed by atoms with Crippen LogP contribution in [0.1, 0.15) is 147 Å². The maximum absolute atomic E-state index is 14.8. The first-order chi connectivity index (χ1) is 34.8. The maximum Gasteiger partial charge on any atom is 0.410 e. The maximum atomic E-state index is 14.8. The van der Waals surface area contributed by atoms with Crippen LogP contribution in [-0.4, -0.2) is 114 Å². The lowest BCUT2D eigenvalue weighted by Crippen LogP contribution is -2.70. The van der Waals surface area contributed by atoms with E-state index >= 15 is 0 Å². The molecule has 16 heteroatoms. The molecule has 0 aromatic heterocycles. The van der Waals surface area contributed by atoms with Crippen molar-refractivity contribution in [2.75, 3.05) is 59.4 Å². The molecule has 1 saturated heterocycles. The molecule has 2 aliphatic carbocycles. The van der Waals surface area contributed by atoms with Gasteiger partial charge in [-0.25, -0.2) is 4.79 Å². The van der Waals surface area contributed by atoms with Crippen LogP contribution in [0.3, 0.4) is 0 Å². The van der Waals surface area contributed by atoms with Gasteiger partial charge in [0, 0.05) is 50.1 Å². The third-order valence-corrected chi connectivity index (χ3v) is 14.4. The highest BCUT2D eigenvalue weighted by Gasteiger charge is 2.65. The Hall–Kier alpha value is -4.58. The molecule has 0 spiro atoms. The number of carbonyl (C=O) groups is 1. The van der Waals surface area contributed by atoms with Crippen molar-refractivity contribution in [3.63, 3.8) is 0 Å². The number of carbonyl (C=O) groups excluding carboxylic acids is 1. The van der Waals surface area contributed by atoms with E-state index in [9.17, 15) is 30.2 Å². The van der Waals surface area contributed by atoms with Gasteiger partial charge in [0.05, 0.1) is 62.3 Å². The van der Waals surface area contributed by atoms with Crippen LogP contribution in [0.4, 0.5) is 10.5 Å². The van der Waals surface area contributed by atoms with Gasteiger partial charge in [-0.15, -0.1) is 6.58 Å². The fourth-order valence-electron chi connectivity index (χ4n) is 11.0. The van der Waals surface area contributed by atoms with Gasteiger partial charge in [-0.05, 0) is 86.6 Å². The van der Waals surface area contributed by atoms with Crippen molar-refractivity contribution >= 4 is 17.5 Å². The van der Waals surface area contributed by atoms with E-state index in [1.165, 1.54) is 50.7 Å². The Morgan fingerprint density at radius 2 is 1.65 bits per heavy atom. The van der Waals surface area contributed by atoms with Gasteiger partial charge in [0.1, 0.15) is 23.3 Å². The van der Waals surface area contributed by atoms with E-state index in [1.807, 2.05) is 12.1 Å². The Balaban J connectivity index is 1.45. The molecule has 2 heterocycles. The average molecular weight is 992 g/mol. The van der Waals surface area contributed by atoms with Crippen LogP contribution in [0.15, 0.2) is 71.9 Å². The Labute approximate surface area is 420 Å². The number of oxime groups is 1. The summed E-state index contributed by atoms with van der Waals surface area (Å²) in [5, 5.41) is 46.4. The first-order valence-corrected chi connectivity index (χ1v) is 26.7. The minimum atomic E-state index is -1.54. The standard InChI is InChI=1S/C55H81N3O13/c1-3-5-6-7-8-9-10-11-12-18-34-67-54(62)57(28-35-65-36-31-61)50-40-48(56-71-51-25-15-19-33-66-51)46-37-41(21-13-16-29-59)45(24-14-17-30-60)52-47-39-44(69-43-23-20-22-42(38-43)58(63)64)26-27-49(47)70-55(50,53(46)52)68-32-4-2/h4,20,22-23,26-27,37-39,41,45,50-53,59-61H,2-3,5-19,21,24-25,28-36,40H2,1H3. The van der Waals surface area contributed by atoms with Crippen LogP contribution >= 0.6 is 0 Å². The van der Waals surface area contributed by atoms with Crippen LogP contribution in [0.25, 0.3) is 0 Å². The molecule has 2 aromatic carbocycles. The van der Waals surface area contributed by atoms with Crippen molar-refractivity contribution in [3.05, 3.63) is 82.4 Å². The van der Waals surface area contributed by atoms with Gasteiger partial charge in [0.15, 0.2) is 0 Å². The first-order valence-electron chi connectivity index (χ1n) is 26.7. The summed E-state index contributed by atoms with van der Waals surface area (Å²) in [6, 6.07) is 10.8. The smallest absolute Gasteiger partial charge is 0.410 e. The summed E-state index contributed by atoms with van der Waals surface area (Å²) in [7, 11) is 0. The zero-order valence-corrected chi connectivity index (χ0v) is 42.1. The molecule has 4 aliphatic rings. The Morgan fingerprint density at radius 3 is 2.35 bits per heavy atom. The normalized spacial score (nSPS) is 24.0. The summed E-state index contributed by atoms with van der Waals surface area (Å²) in [6.45, 7) is 7.34. The fourth-order valence-corrected chi connectivity index (χ4v) is 11.0. The average Bonchev–Trinajstić information content (AvgIpc) is 3.38. The molecule has 0 radical (unpaired) electrons. The second kappa shape index (κ2) is 29.8. The molecule has 7 atom stereocenters. The number of hydrogen-bond donors (Lipinski definition) is 3. The number of fused-ring (bicyclic) bond motifs is 2. The van der Waals surface area contributed by atoms with Gasteiger partial charge in [-0.3, -0.25) is 15.0 Å². The Morgan fingerprint density at radius 1 is 0.901 bits per heavy atom. The predicted molar refractivity (Wildman–Crippen MR) is 271 cm³/mol. The highest BCUT2D eigenvalue weighted by Crippen LogP contribution is 2.62. The van der Waals surface area contributed by atoms with E-state index in [2.05, 4.69) is 19.6 Å². The summed E-state index contributed by atoms with van der Waals surface area (Å²) in [5.74, 6) is -1.27. The van der Waals surface area contributed by atoms with E-state index in [4.69, 9.17) is 38.4 Å². The molecular formula is C55H81N3O13. The van der Waals surface area contributed by atoms with E-state index in [-0.39, 0.29) is 82.7 Å². The topological polar surface area (TPSA) is 201 Å². The van der Waals surface area contributed by atoms with Crippen LogP contribution in [0.2, 0.25) is 0 Å². The summed E-state index contributed by atoms with van der Waals surface area (Å²) in [6.07, 6.45) is 21.2. The van der Waals surface area contributed by atoms with Crippen molar-refractivity contribution in [3.8, 4) is 17.2 Å². The number of nitro groups is 1. The molecule has 2 aromatic rings. The van der Waals surface area contributed by atoms with Crippen molar-refractivity contribution in [2.45, 2.75) is 159 Å².